The van der Waals surface area contributed by atoms with Gasteiger partial charge in [-0.05, 0) is 79.1 Å². The highest BCUT2D eigenvalue weighted by Gasteiger charge is 2.43. The van der Waals surface area contributed by atoms with Gasteiger partial charge in [0.15, 0.2) is 11.5 Å². The monoisotopic (exact) mass is 603 g/mol. The molecule has 0 saturated carbocycles. The number of carbonyl (C=O) groups is 3. The summed E-state index contributed by atoms with van der Waals surface area (Å²) in [6.07, 6.45) is 3.50. The van der Waals surface area contributed by atoms with Gasteiger partial charge in [-0.2, -0.15) is 0 Å². The van der Waals surface area contributed by atoms with E-state index in [9.17, 15) is 24.5 Å². The number of hydrogen-bond donors (Lipinski definition) is 0. The topological polar surface area (TPSA) is 119 Å². The van der Waals surface area contributed by atoms with E-state index in [4.69, 9.17) is 9.47 Å². The van der Waals surface area contributed by atoms with Gasteiger partial charge in [-0.25, -0.2) is 14.6 Å². The van der Waals surface area contributed by atoms with Crippen molar-refractivity contribution < 1.29 is 28.8 Å². The van der Waals surface area contributed by atoms with Gasteiger partial charge in [0.2, 0.25) is 0 Å². The highest BCUT2D eigenvalue weighted by molar-refractivity contribution is 6.46. The van der Waals surface area contributed by atoms with E-state index in [0.29, 0.717) is 52.6 Å². The minimum absolute atomic E-state index is 0.0244. The van der Waals surface area contributed by atoms with Crippen molar-refractivity contribution in [3.05, 3.63) is 142 Å². The molecule has 0 aliphatic carbocycles. The molecule has 0 bridgehead atoms. The van der Waals surface area contributed by atoms with Gasteiger partial charge in [0.1, 0.15) is 12.2 Å². The van der Waals surface area contributed by atoms with Crippen molar-refractivity contribution in [2.24, 2.45) is 0 Å². The molecule has 0 N–H and O–H groups in total. The molecule has 1 aliphatic heterocycles. The molecule has 1 saturated heterocycles. The molecule has 0 aromatic heterocycles. The average Bonchev–Trinajstić information content (AvgIpc) is 3.04. The second-order valence-corrected chi connectivity index (χ2v) is 9.94. The summed E-state index contributed by atoms with van der Waals surface area (Å²) < 4.78 is 12.1. The Hall–Kier alpha value is -6.03. The highest BCUT2D eigenvalue weighted by Crippen LogP contribution is 2.36. The van der Waals surface area contributed by atoms with Crippen LogP contribution in [0.5, 0.6) is 11.5 Å². The number of nitrogens with zero attached hydrogens (tertiary/aromatic N) is 3. The Morgan fingerprint density at radius 3 is 1.91 bits per heavy atom. The van der Waals surface area contributed by atoms with Crippen LogP contribution >= 0.6 is 0 Å². The zero-order chi connectivity index (χ0) is 31.9. The number of ether oxygens (including phenoxy) is 2. The number of amides is 4. The summed E-state index contributed by atoms with van der Waals surface area (Å²) in [5.74, 6) is -0.710. The molecule has 0 atom stereocenters. The van der Waals surface area contributed by atoms with E-state index < -0.39 is 22.8 Å². The second kappa shape index (κ2) is 13.5. The zero-order valence-corrected chi connectivity index (χ0v) is 24.4. The number of urea groups is 1. The van der Waals surface area contributed by atoms with Crippen LogP contribution in [0, 0.1) is 10.1 Å². The Morgan fingerprint density at radius 2 is 1.40 bits per heavy atom. The van der Waals surface area contributed by atoms with Crippen LogP contribution in [0.1, 0.15) is 23.6 Å². The van der Waals surface area contributed by atoms with E-state index in [0.717, 1.165) is 9.80 Å². The number of para-hydroxylation sites is 2. The first-order valence-corrected chi connectivity index (χ1v) is 14.1. The van der Waals surface area contributed by atoms with E-state index in [1.54, 1.807) is 91.0 Å². The smallest absolute Gasteiger partial charge is 0.343 e. The van der Waals surface area contributed by atoms with Crippen LogP contribution in [0.4, 0.5) is 21.9 Å². The number of non-ortho nitro benzene ring substituents is 1. The first kappa shape index (κ1) is 30.4. The molecule has 0 radical (unpaired) electrons. The average molecular weight is 604 g/mol. The summed E-state index contributed by atoms with van der Waals surface area (Å²) in [7, 11) is 0. The lowest BCUT2D eigenvalue weighted by Gasteiger charge is -2.34. The first-order chi connectivity index (χ1) is 21.8. The van der Waals surface area contributed by atoms with Gasteiger partial charge in [0, 0.05) is 17.7 Å². The van der Waals surface area contributed by atoms with Crippen molar-refractivity contribution in [2.45, 2.75) is 20.0 Å². The summed E-state index contributed by atoms with van der Waals surface area (Å²) in [5.41, 5.74) is 2.27. The van der Waals surface area contributed by atoms with E-state index in [2.05, 4.69) is 6.58 Å². The molecule has 1 heterocycles. The van der Waals surface area contributed by atoms with Crippen molar-refractivity contribution in [3.8, 4) is 11.5 Å². The summed E-state index contributed by atoms with van der Waals surface area (Å²) in [4.78, 5) is 53.8. The van der Waals surface area contributed by atoms with Crippen molar-refractivity contribution in [3.63, 3.8) is 0 Å². The fourth-order valence-electron chi connectivity index (χ4n) is 4.88. The standard InChI is InChI=1S/C35H29N3O7/c1-3-11-26-20-25(22-31(44-4-2)32(26)45-23-24-16-18-29(19-17-24)38(42)43)21-30-33(39)36(27-12-7-5-8-13-27)35(41)37(34(30)40)28-14-9-6-10-15-28/h3,5-10,12-22H,1,4,11,23H2,2H3. The van der Waals surface area contributed by atoms with Gasteiger partial charge < -0.3 is 9.47 Å². The van der Waals surface area contributed by atoms with Gasteiger partial charge in [0.05, 0.1) is 22.9 Å². The van der Waals surface area contributed by atoms with Gasteiger partial charge in [-0.3, -0.25) is 19.7 Å². The molecule has 0 spiro atoms. The Balaban J connectivity index is 1.56. The largest absolute Gasteiger partial charge is 0.490 e. The number of hydrogen-bond acceptors (Lipinski definition) is 7. The Labute approximate surface area is 259 Å². The van der Waals surface area contributed by atoms with E-state index in [-0.39, 0.29) is 17.9 Å². The lowest BCUT2D eigenvalue weighted by atomic mass is 10.0. The maximum Gasteiger partial charge on any atom is 0.343 e. The fourth-order valence-corrected chi connectivity index (χ4v) is 4.88. The summed E-state index contributed by atoms with van der Waals surface area (Å²) >= 11 is 0. The molecule has 1 fully saturated rings. The van der Waals surface area contributed by atoms with Crippen molar-refractivity contribution in [2.75, 3.05) is 16.4 Å². The molecular weight excluding hydrogens is 574 g/mol. The third-order valence-electron chi connectivity index (χ3n) is 6.94. The predicted octanol–water partition coefficient (Wildman–Crippen LogP) is 6.88. The molecule has 4 aromatic carbocycles. The van der Waals surface area contributed by atoms with Crippen molar-refractivity contribution >= 4 is 41.0 Å². The summed E-state index contributed by atoms with van der Waals surface area (Å²) in [6, 6.07) is 25.5. The maximum atomic E-state index is 13.8. The minimum atomic E-state index is -0.781. The SMILES string of the molecule is C=CCc1cc(C=C2C(=O)N(c3ccccc3)C(=O)N(c3ccccc3)C2=O)cc(OCC)c1OCc1ccc([N+](=O)[O-])cc1. The predicted molar refractivity (Wildman–Crippen MR) is 170 cm³/mol. The normalized spacial score (nSPS) is 13.1. The number of barbiturate groups is 1. The van der Waals surface area contributed by atoms with Crippen LogP contribution in [0.15, 0.2) is 115 Å². The lowest BCUT2D eigenvalue weighted by Crippen LogP contribution is -2.57. The van der Waals surface area contributed by atoms with Crippen LogP contribution in [0.25, 0.3) is 6.08 Å². The molecular formula is C35H29N3O7. The number of imide groups is 2. The Bertz CT molecular complexity index is 1720. The van der Waals surface area contributed by atoms with Gasteiger partial charge in [-0.15, -0.1) is 6.58 Å². The molecule has 5 rings (SSSR count). The third-order valence-corrected chi connectivity index (χ3v) is 6.94. The molecule has 10 heteroatoms. The van der Waals surface area contributed by atoms with Gasteiger partial charge >= 0.3 is 6.03 Å². The molecule has 226 valence electrons. The number of benzene rings is 4. The molecule has 0 unspecified atom stereocenters. The lowest BCUT2D eigenvalue weighted by molar-refractivity contribution is -0.384. The van der Waals surface area contributed by atoms with Crippen LogP contribution in [-0.2, 0) is 22.6 Å². The third kappa shape index (κ3) is 6.50. The minimum Gasteiger partial charge on any atom is -0.490 e. The maximum absolute atomic E-state index is 13.8. The van der Waals surface area contributed by atoms with Crippen LogP contribution in [0.3, 0.4) is 0 Å². The number of nitro groups is 1. The van der Waals surface area contributed by atoms with E-state index >= 15 is 0 Å². The molecule has 4 aromatic rings. The number of allylic oxidation sites excluding steroid dienone is 1. The Morgan fingerprint density at radius 1 is 0.822 bits per heavy atom. The van der Waals surface area contributed by atoms with Crippen LogP contribution in [0.2, 0.25) is 0 Å². The summed E-state index contributed by atoms with van der Waals surface area (Å²) in [6.45, 7) is 6.07. The summed E-state index contributed by atoms with van der Waals surface area (Å²) in [5, 5.41) is 11.0. The van der Waals surface area contributed by atoms with Gasteiger partial charge in [-0.1, -0.05) is 42.5 Å². The molecule has 1 aliphatic rings. The van der Waals surface area contributed by atoms with E-state index in [1.807, 2.05) is 6.92 Å². The highest BCUT2D eigenvalue weighted by atomic mass is 16.6. The number of rotatable bonds is 11. The molecule has 10 nitrogen and oxygen atoms in total. The zero-order valence-electron chi connectivity index (χ0n) is 24.4. The van der Waals surface area contributed by atoms with Crippen LogP contribution in [-0.4, -0.2) is 29.4 Å². The quantitative estimate of drug-likeness (QED) is 0.0602. The first-order valence-electron chi connectivity index (χ1n) is 14.1. The molecule has 45 heavy (non-hydrogen) atoms. The number of anilines is 2. The fraction of sp³-hybridized carbons (Fsp3) is 0.114. The number of nitro benzene ring substituents is 1. The molecule has 4 amide bonds. The van der Waals surface area contributed by atoms with Gasteiger partial charge in [0.25, 0.3) is 17.5 Å². The van der Waals surface area contributed by atoms with Crippen LogP contribution < -0.4 is 19.3 Å². The van der Waals surface area contributed by atoms with Crippen molar-refractivity contribution in [1.82, 2.24) is 0 Å². The van der Waals surface area contributed by atoms with Crippen molar-refractivity contribution in [1.29, 1.82) is 0 Å². The van der Waals surface area contributed by atoms with E-state index in [1.165, 1.54) is 18.2 Å². The second-order valence-electron chi connectivity index (χ2n) is 9.94. The Kier molecular flexibility index (Phi) is 9.14. The number of carbonyl (C=O) groups excluding carboxylic acids is 3.